The van der Waals surface area contributed by atoms with Crippen molar-refractivity contribution in [1.82, 2.24) is 9.91 Å². The van der Waals surface area contributed by atoms with Gasteiger partial charge in [-0.05, 0) is 47.9 Å². The predicted octanol–water partition coefficient (Wildman–Crippen LogP) is 4.76. The molecular weight excluding hydrogens is 456 g/mol. The van der Waals surface area contributed by atoms with Crippen molar-refractivity contribution in [3.63, 3.8) is 0 Å². The quantitative estimate of drug-likeness (QED) is 0.399. The van der Waals surface area contributed by atoms with E-state index in [0.29, 0.717) is 11.6 Å². The average molecular weight is 481 g/mol. The van der Waals surface area contributed by atoms with Crippen LogP contribution in [0.15, 0.2) is 93.3 Å². The number of nitrogens with zero attached hydrogens (tertiary/aromatic N) is 4. The molecule has 1 aliphatic heterocycles. The lowest BCUT2D eigenvalue weighted by atomic mass is 9.91. The number of hydrogen-bond donors (Lipinski definition) is 0. The largest absolute Gasteiger partial charge is 0.347 e. The molecule has 3 aromatic rings. The molecule has 0 aromatic heterocycles. The van der Waals surface area contributed by atoms with Gasteiger partial charge in [0.05, 0.1) is 17.2 Å². The van der Waals surface area contributed by atoms with E-state index >= 15 is 0 Å². The average Bonchev–Trinajstić information content (AvgIpc) is 3.23. The minimum absolute atomic E-state index is 0.0563. The van der Waals surface area contributed by atoms with E-state index in [1.54, 1.807) is 42.2 Å². The Bertz CT molecular complexity index is 1300. The molecule has 0 spiro atoms. The summed E-state index contributed by atoms with van der Waals surface area (Å²) >= 11 is 6.09. The number of aryl methyl sites for hydroxylation is 1. The van der Waals surface area contributed by atoms with Crippen LogP contribution in [0, 0.1) is 6.92 Å². The number of rotatable bonds is 4. The number of sulfonamides is 1. The predicted molar refractivity (Wildman–Crippen MR) is 133 cm³/mol. The molecule has 1 heterocycles. The van der Waals surface area contributed by atoms with Crippen molar-refractivity contribution in [1.29, 1.82) is 0 Å². The van der Waals surface area contributed by atoms with Crippen molar-refractivity contribution in [2.75, 3.05) is 20.6 Å². The summed E-state index contributed by atoms with van der Waals surface area (Å²) in [5, 5.41) is 7.14. The fraction of sp³-hybridized carbons (Fsp3) is 0.200. The molecule has 1 atom stereocenters. The SMILES string of the molecule is Cc1cccc(S(=O)(=O)/N=C(\N(C)C)N2CC(c3ccccc3)C(c3ccc(Cl)cc3)=N2)c1. The van der Waals surface area contributed by atoms with Crippen LogP contribution in [0.4, 0.5) is 0 Å². The molecule has 0 aliphatic carbocycles. The molecule has 33 heavy (non-hydrogen) atoms. The van der Waals surface area contributed by atoms with Crippen LogP contribution in [-0.4, -0.2) is 50.6 Å². The summed E-state index contributed by atoms with van der Waals surface area (Å²) in [5.74, 6) is 0.195. The minimum Gasteiger partial charge on any atom is -0.347 e. The van der Waals surface area contributed by atoms with Gasteiger partial charge in [-0.15, -0.1) is 4.40 Å². The summed E-state index contributed by atoms with van der Waals surface area (Å²) in [7, 11) is -0.393. The number of hydrazone groups is 1. The summed E-state index contributed by atoms with van der Waals surface area (Å²) in [4.78, 5) is 1.83. The molecule has 8 heteroatoms. The summed E-state index contributed by atoms with van der Waals surface area (Å²) in [6.07, 6.45) is 0. The number of hydrogen-bond acceptors (Lipinski definition) is 3. The maximum Gasteiger partial charge on any atom is 0.285 e. The highest BCUT2D eigenvalue weighted by Crippen LogP contribution is 2.30. The highest BCUT2D eigenvalue weighted by atomic mass is 35.5. The molecule has 0 bridgehead atoms. The normalized spacial score (nSPS) is 16.6. The third-order valence-electron chi connectivity index (χ3n) is 5.38. The van der Waals surface area contributed by atoms with E-state index in [1.807, 2.05) is 55.5 Å². The Balaban J connectivity index is 1.78. The first kappa shape index (κ1) is 23.0. The summed E-state index contributed by atoms with van der Waals surface area (Å²) in [5.41, 5.74) is 3.70. The number of halogens is 1. The molecule has 1 aliphatic rings. The Labute approximate surface area is 199 Å². The van der Waals surface area contributed by atoms with Crippen LogP contribution in [0.1, 0.15) is 22.6 Å². The summed E-state index contributed by atoms with van der Waals surface area (Å²) in [6.45, 7) is 2.31. The first-order valence-electron chi connectivity index (χ1n) is 10.5. The Morgan fingerprint density at radius 3 is 2.36 bits per heavy atom. The summed E-state index contributed by atoms with van der Waals surface area (Å²) < 4.78 is 30.4. The van der Waals surface area contributed by atoms with Crippen LogP contribution in [0.25, 0.3) is 0 Å². The second-order valence-electron chi connectivity index (χ2n) is 8.11. The van der Waals surface area contributed by atoms with Gasteiger partial charge < -0.3 is 4.90 Å². The highest BCUT2D eigenvalue weighted by Gasteiger charge is 2.33. The topological polar surface area (TPSA) is 65.3 Å². The van der Waals surface area contributed by atoms with Crippen molar-refractivity contribution in [3.05, 3.63) is 101 Å². The molecule has 0 N–H and O–H groups in total. The Morgan fingerprint density at radius 1 is 1.03 bits per heavy atom. The molecule has 1 unspecified atom stereocenters. The van der Waals surface area contributed by atoms with Gasteiger partial charge in [0, 0.05) is 25.0 Å². The van der Waals surface area contributed by atoms with Crippen LogP contribution in [0.5, 0.6) is 0 Å². The second-order valence-corrected chi connectivity index (χ2v) is 10.2. The zero-order chi connectivity index (χ0) is 23.6. The van der Waals surface area contributed by atoms with Crippen LogP contribution in [0.3, 0.4) is 0 Å². The van der Waals surface area contributed by atoms with E-state index in [1.165, 1.54) is 0 Å². The zero-order valence-corrected chi connectivity index (χ0v) is 20.3. The molecule has 4 rings (SSSR count). The third-order valence-corrected chi connectivity index (χ3v) is 6.88. The standard InChI is InChI=1S/C25H25ClN4O2S/c1-18-8-7-11-22(16-18)33(31,32)28-25(29(2)3)30-17-23(19-9-5-4-6-10-19)24(27-30)20-12-14-21(26)15-13-20/h4-16,23H,17H2,1-3H3/b28-25+. The fourth-order valence-electron chi connectivity index (χ4n) is 3.75. The molecule has 0 saturated carbocycles. The molecule has 0 amide bonds. The van der Waals surface area contributed by atoms with Gasteiger partial charge in [-0.2, -0.15) is 13.5 Å². The molecular formula is C25H25ClN4O2S. The zero-order valence-electron chi connectivity index (χ0n) is 18.7. The molecule has 3 aromatic carbocycles. The minimum atomic E-state index is -3.92. The van der Waals surface area contributed by atoms with E-state index in [4.69, 9.17) is 16.7 Å². The lowest BCUT2D eigenvalue weighted by Crippen LogP contribution is -2.37. The lowest BCUT2D eigenvalue weighted by molar-refractivity contribution is 0.404. The van der Waals surface area contributed by atoms with E-state index < -0.39 is 10.0 Å². The van der Waals surface area contributed by atoms with Gasteiger partial charge in [0.15, 0.2) is 0 Å². The molecule has 0 fully saturated rings. The highest BCUT2D eigenvalue weighted by molar-refractivity contribution is 7.90. The van der Waals surface area contributed by atoms with Gasteiger partial charge in [-0.3, -0.25) is 0 Å². The number of benzene rings is 3. The summed E-state index contributed by atoms with van der Waals surface area (Å²) in [6, 6.07) is 24.3. The smallest absolute Gasteiger partial charge is 0.285 e. The third kappa shape index (κ3) is 5.10. The van der Waals surface area contributed by atoms with Gasteiger partial charge >= 0.3 is 0 Å². The van der Waals surface area contributed by atoms with Gasteiger partial charge in [0.2, 0.25) is 5.96 Å². The first-order valence-corrected chi connectivity index (χ1v) is 12.3. The lowest BCUT2D eigenvalue weighted by Gasteiger charge is -2.23. The van der Waals surface area contributed by atoms with Crippen molar-refractivity contribution < 1.29 is 8.42 Å². The van der Waals surface area contributed by atoms with Crippen molar-refractivity contribution >= 4 is 33.3 Å². The molecule has 0 saturated heterocycles. The Kier molecular flexibility index (Phi) is 6.54. The van der Waals surface area contributed by atoms with Gasteiger partial charge in [0.25, 0.3) is 10.0 Å². The maximum atomic E-state index is 13.1. The molecule has 6 nitrogen and oxygen atoms in total. The fourth-order valence-corrected chi connectivity index (χ4v) is 5.04. The Morgan fingerprint density at radius 2 is 1.73 bits per heavy atom. The molecule has 0 radical (unpaired) electrons. The van der Waals surface area contributed by atoms with Gasteiger partial charge in [-0.1, -0.05) is 66.2 Å². The van der Waals surface area contributed by atoms with Crippen LogP contribution >= 0.6 is 11.6 Å². The Hall–Kier alpha value is -3.16. The monoisotopic (exact) mass is 480 g/mol. The van der Waals surface area contributed by atoms with Crippen molar-refractivity contribution in [3.8, 4) is 0 Å². The van der Waals surface area contributed by atoms with E-state index in [9.17, 15) is 8.42 Å². The van der Waals surface area contributed by atoms with Crippen molar-refractivity contribution in [2.24, 2.45) is 9.50 Å². The van der Waals surface area contributed by atoms with E-state index in [0.717, 1.165) is 22.4 Å². The van der Waals surface area contributed by atoms with Gasteiger partial charge in [-0.25, -0.2) is 5.01 Å². The van der Waals surface area contributed by atoms with Gasteiger partial charge in [0.1, 0.15) is 0 Å². The second kappa shape index (κ2) is 9.37. The van der Waals surface area contributed by atoms with E-state index in [-0.39, 0.29) is 16.8 Å². The van der Waals surface area contributed by atoms with Crippen LogP contribution in [0.2, 0.25) is 5.02 Å². The number of guanidine groups is 1. The van der Waals surface area contributed by atoms with Crippen molar-refractivity contribution in [2.45, 2.75) is 17.7 Å². The first-order chi connectivity index (χ1) is 15.7. The maximum absolute atomic E-state index is 13.1. The van der Waals surface area contributed by atoms with Crippen LogP contribution < -0.4 is 0 Å². The molecule has 170 valence electrons. The van der Waals surface area contributed by atoms with E-state index in [2.05, 4.69) is 16.5 Å². The van der Waals surface area contributed by atoms with Crippen LogP contribution in [-0.2, 0) is 10.0 Å².